The summed E-state index contributed by atoms with van der Waals surface area (Å²) in [6.45, 7) is 1.39. The monoisotopic (exact) mass is 368 g/mol. The molecule has 1 saturated heterocycles. The first-order valence-corrected chi connectivity index (χ1v) is 8.87. The van der Waals surface area contributed by atoms with Gasteiger partial charge in [0.15, 0.2) is 0 Å². The van der Waals surface area contributed by atoms with Crippen LogP contribution in [0.5, 0.6) is 0 Å². The van der Waals surface area contributed by atoms with Gasteiger partial charge in [-0.2, -0.15) is 5.26 Å². The number of nitrogens with one attached hydrogen (secondary N) is 2. The molecule has 0 unspecified atom stereocenters. The normalized spacial score (nSPS) is 19.2. The number of nitriles is 1. The largest absolute Gasteiger partial charge is 0.325 e. The van der Waals surface area contributed by atoms with Gasteiger partial charge in [-0.1, -0.05) is 37.3 Å². The van der Waals surface area contributed by atoms with Crippen molar-refractivity contribution in [3.8, 4) is 6.07 Å². The lowest BCUT2D eigenvalue weighted by molar-refractivity contribution is -0.134. The van der Waals surface area contributed by atoms with Crippen LogP contribution in [0.1, 0.15) is 24.5 Å². The van der Waals surface area contributed by atoms with Crippen molar-refractivity contribution in [2.24, 2.45) is 0 Å². The smallest absolute Gasteiger partial charge is 0.319 e. The van der Waals surface area contributed by atoms with Crippen LogP contribution >= 0.6 is 11.3 Å². The molecule has 1 aliphatic rings. The van der Waals surface area contributed by atoms with Gasteiger partial charge in [-0.25, -0.2) is 4.79 Å². The van der Waals surface area contributed by atoms with Crippen LogP contribution in [-0.4, -0.2) is 29.3 Å². The van der Waals surface area contributed by atoms with Gasteiger partial charge in [-0.15, -0.1) is 11.3 Å². The van der Waals surface area contributed by atoms with Gasteiger partial charge in [-0.05, 0) is 23.4 Å². The van der Waals surface area contributed by atoms with E-state index in [4.69, 9.17) is 5.26 Å². The Hall–Kier alpha value is -3.18. The summed E-state index contributed by atoms with van der Waals surface area (Å²) >= 11 is 1.20. The van der Waals surface area contributed by atoms with Crippen molar-refractivity contribution in [1.82, 2.24) is 10.2 Å². The summed E-state index contributed by atoms with van der Waals surface area (Å²) in [5.74, 6) is -0.995. The fourth-order valence-corrected chi connectivity index (χ4v) is 3.69. The quantitative estimate of drug-likeness (QED) is 0.791. The molecule has 7 nitrogen and oxygen atoms in total. The zero-order valence-corrected chi connectivity index (χ0v) is 14.8. The number of hydrogen-bond donors (Lipinski definition) is 2. The zero-order valence-electron chi connectivity index (χ0n) is 14.0. The molecule has 1 aromatic carbocycles. The molecule has 0 saturated carbocycles. The Morgan fingerprint density at radius 3 is 2.69 bits per heavy atom. The van der Waals surface area contributed by atoms with Crippen LogP contribution in [0.15, 0.2) is 41.8 Å². The molecule has 0 radical (unpaired) electrons. The Morgan fingerprint density at radius 1 is 1.31 bits per heavy atom. The van der Waals surface area contributed by atoms with Crippen molar-refractivity contribution in [1.29, 1.82) is 5.26 Å². The second-order valence-corrected chi connectivity index (χ2v) is 6.69. The van der Waals surface area contributed by atoms with Crippen LogP contribution in [-0.2, 0) is 15.1 Å². The zero-order chi connectivity index (χ0) is 18.7. The minimum Gasteiger partial charge on any atom is -0.319 e. The summed E-state index contributed by atoms with van der Waals surface area (Å²) in [6.07, 6.45) is 0.364. The van der Waals surface area contributed by atoms with Crippen LogP contribution in [0.3, 0.4) is 0 Å². The highest BCUT2D eigenvalue weighted by molar-refractivity contribution is 7.14. The predicted octanol–water partition coefficient (Wildman–Crippen LogP) is 2.42. The van der Waals surface area contributed by atoms with Crippen molar-refractivity contribution >= 4 is 34.2 Å². The van der Waals surface area contributed by atoms with E-state index in [-0.39, 0.29) is 0 Å². The Balaban J connectivity index is 1.79. The van der Waals surface area contributed by atoms with Crippen molar-refractivity contribution < 1.29 is 14.4 Å². The molecule has 2 N–H and O–H groups in total. The van der Waals surface area contributed by atoms with Gasteiger partial charge >= 0.3 is 6.03 Å². The molecule has 26 heavy (non-hydrogen) atoms. The SMILES string of the molecule is CC[C@@]1(c2ccccc2)NC(=O)N(CC(=O)Nc2sccc2C#N)C1=O. The van der Waals surface area contributed by atoms with Crippen LogP contribution in [0.25, 0.3) is 0 Å². The Kier molecular flexibility index (Phi) is 4.73. The van der Waals surface area contributed by atoms with Gasteiger partial charge in [0.05, 0.1) is 5.56 Å². The van der Waals surface area contributed by atoms with E-state index < -0.39 is 29.9 Å². The lowest BCUT2D eigenvalue weighted by Gasteiger charge is -2.25. The molecule has 3 rings (SSSR count). The molecule has 8 heteroatoms. The fourth-order valence-electron chi connectivity index (χ4n) is 2.94. The number of urea groups is 1. The summed E-state index contributed by atoms with van der Waals surface area (Å²) in [4.78, 5) is 38.5. The van der Waals surface area contributed by atoms with E-state index in [0.717, 1.165) is 4.90 Å². The van der Waals surface area contributed by atoms with Crippen LogP contribution in [0, 0.1) is 11.3 Å². The maximum Gasteiger partial charge on any atom is 0.325 e. The van der Waals surface area contributed by atoms with Gasteiger partial charge in [0.2, 0.25) is 5.91 Å². The van der Waals surface area contributed by atoms with Crippen LogP contribution < -0.4 is 10.6 Å². The van der Waals surface area contributed by atoms with E-state index >= 15 is 0 Å². The molecule has 1 fully saturated rings. The average Bonchev–Trinajstić information content (AvgIpc) is 3.20. The third-order valence-corrected chi connectivity index (χ3v) is 5.14. The highest BCUT2D eigenvalue weighted by Crippen LogP contribution is 2.32. The molecule has 0 spiro atoms. The number of carbonyl (C=O) groups excluding carboxylic acids is 3. The number of thiophene rings is 1. The molecule has 1 atom stereocenters. The molecule has 132 valence electrons. The number of rotatable bonds is 5. The highest BCUT2D eigenvalue weighted by Gasteiger charge is 2.51. The van der Waals surface area contributed by atoms with E-state index in [2.05, 4.69) is 10.6 Å². The highest BCUT2D eigenvalue weighted by atomic mass is 32.1. The van der Waals surface area contributed by atoms with Gasteiger partial charge in [-0.3, -0.25) is 14.5 Å². The molecular weight excluding hydrogens is 352 g/mol. The molecule has 0 aliphatic carbocycles. The molecule has 4 amide bonds. The minimum atomic E-state index is -1.17. The molecular formula is C18H16N4O3S. The first-order valence-electron chi connectivity index (χ1n) is 7.99. The second-order valence-electron chi connectivity index (χ2n) is 5.77. The van der Waals surface area contributed by atoms with Crippen molar-refractivity contribution in [3.05, 3.63) is 52.9 Å². The molecule has 2 aromatic rings. The lowest BCUT2D eigenvalue weighted by atomic mass is 9.87. The van der Waals surface area contributed by atoms with Crippen molar-refractivity contribution in [2.75, 3.05) is 11.9 Å². The number of carbonyl (C=O) groups is 3. The Labute approximate surface area is 154 Å². The molecule has 1 aliphatic heterocycles. The summed E-state index contributed by atoms with van der Waals surface area (Å²) in [5.41, 5.74) is -0.152. The van der Waals surface area contributed by atoms with Crippen LogP contribution in [0.2, 0.25) is 0 Å². The summed E-state index contributed by atoms with van der Waals surface area (Å²) in [6, 6.07) is 11.9. The maximum absolute atomic E-state index is 12.9. The van der Waals surface area contributed by atoms with E-state index in [1.165, 1.54) is 11.3 Å². The lowest BCUT2D eigenvalue weighted by Crippen LogP contribution is -2.44. The minimum absolute atomic E-state index is 0.341. The molecule has 0 bridgehead atoms. The van der Waals surface area contributed by atoms with Gasteiger partial charge in [0.1, 0.15) is 23.2 Å². The van der Waals surface area contributed by atoms with Gasteiger partial charge < -0.3 is 10.6 Å². The summed E-state index contributed by atoms with van der Waals surface area (Å²) in [5, 5.41) is 16.4. The topological polar surface area (TPSA) is 102 Å². The van der Waals surface area contributed by atoms with Crippen LogP contribution in [0.4, 0.5) is 9.80 Å². The number of hydrogen-bond acceptors (Lipinski definition) is 5. The standard InChI is InChI=1S/C18H16N4O3S/c1-2-18(13-6-4-3-5-7-13)16(24)22(17(25)21-18)11-14(23)20-15-12(10-19)8-9-26-15/h3-9H,2,11H2,1H3,(H,20,23)(H,21,25)/t18-/m0/s1. The third kappa shape index (κ3) is 2.93. The van der Waals surface area contributed by atoms with Gasteiger partial charge in [0, 0.05) is 0 Å². The number of imide groups is 1. The maximum atomic E-state index is 12.9. The van der Waals surface area contributed by atoms with E-state index in [0.29, 0.717) is 22.5 Å². The number of nitrogens with zero attached hydrogens (tertiary/aromatic N) is 2. The van der Waals surface area contributed by atoms with Crippen molar-refractivity contribution in [2.45, 2.75) is 18.9 Å². The van der Waals surface area contributed by atoms with E-state index in [1.807, 2.05) is 12.1 Å². The average molecular weight is 368 g/mol. The summed E-state index contributed by atoms with van der Waals surface area (Å²) in [7, 11) is 0. The second kappa shape index (κ2) is 6.98. The first kappa shape index (κ1) is 17.6. The number of anilines is 1. The molecule has 2 heterocycles. The third-order valence-electron chi connectivity index (χ3n) is 4.31. The van der Waals surface area contributed by atoms with E-state index in [9.17, 15) is 14.4 Å². The number of amides is 4. The molecule has 1 aromatic heterocycles. The Bertz CT molecular complexity index is 903. The van der Waals surface area contributed by atoms with E-state index in [1.54, 1.807) is 42.6 Å². The fraction of sp³-hybridized carbons (Fsp3) is 0.222. The van der Waals surface area contributed by atoms with Crippen molar-refractivity contribution in [3.63, 3.8) is 0 Å². The summed E-state index contributed by atoms with van der Waals surface area (Å²) < 4.78 is 0. The Morgan fingerprint density at radius 2 is 2.04 bits per heavy atom. The van der Waals surface area contributed by atoms with Gasteiger partial charge in [0.25, 0.3) is 5.91 Å². The predicted molar refractivity (Wildman–Crippen MR) is 96.3 cm³/mol. The number of benzene rings is 1. The first-order chi connectivity index (χ1) is 12.5.